The summed E-state index contributed by atoms with van der Waals surface area (Å²) in [6, 6.07) is 3.44. The molecule has 0 aliphatic carbocycles. The summed E-state index contributed by atoms with van der Waals surface area (Å²) in [6.45, 7) is 0. The molecule has 1 aromatic rings. The first kappa shape index (κ1) is 13.4. The van der Waals surface area contributed by atoms with Gasteiger partial charge in [-0.15, -0.1) is 12.4 Å². The van der Waals surface area contributed by atoms with Gasteiger partial charge in [-0.2, -0.15) is 13.2 Å². The van der Waals surface area contributed by atoms with E-state index in [1.165, 1.54) is 12.1 Å². The minimum atomic E-state index is -4.45. The number of anilines is 1. The summed E-state index contributed by atoms with van der Waals surface area (Å²) in [6.07, 6.45) is -4.45. The molecule has 0 bridgehead atoms. The minimum absolute atomic E-state index is 0. The van der Waals surface area contributed by atoms with Gasteiger partial charge in [-0.25, -0.2) is 0 Å². The van der Waals surface area contributed by atoms with Crippen LogP contribution in [0.1, 0.15) is 5.56 Å². The summed E-state index contributed by atoms with van der Waals surface area (Å²) < 4.78 is 36.8. The maximum absolute atomic E-state index is 12.3. The number of nitrogen functional groups attached to an aromatic ring is 1. The number of hydrogen-bond donors (Lipinski definition) is 2. The van der Waals surface area contributed by atoms with E-state index in [1.54, 1.807) is 0 Å². The van der Waals surface area contributed by atoms with E-state index in [1.807, 2.05) is 5.43 Å². The second-order valence-corrected chi connectivity index (χ2v) is 2.71. The summed E-state index contributed by atoms with van der Waals surface area (Å²) >= 11 is 5.49. The van der Waals surface area contributed by atoms with Crippen LogP contribution in [0.15, 0.2) is 18.2 Å². The molecule has 1 aromatic carbocycles. The van der Waals surface area contributed by atoms with Gasteiger partial charge in [0.15, 0.2) is 0 Å². The molecule has 1 rings (SSSR count). The fourth-order valence-electron chi connectivity index (χ4n) is 0.907. The molecule has 0 saturated carbocycles. The predicted molar refractivity (Wildman–Crippen MR) is 51.5 cm³/mol. The molecule has 80 valence electrons. The van der Waals surface area contributed by atoms with Crippen molar-refractivity contribution in [2.45, 2.75) is 6.18 Å². The standard InChI is InChI=1S/C7H6ClF3N2.ClH/c8-5-3-1-2-4(6(5)13-12)7(9,10)11;/h1-3,13H,12H2;1H. The van der Waals surface area contributed by atoms with E-state index in [-0.39, 0.29) is 23.1 Å². The SMILES string of the molecule is Cl.NNc1c(Cl)cccc1C(F)(F)F. The van der Waals surface area contributed by atoms with Crippen molar-refractivity contribution in [3.05, 3.63) is 28.8 Å². The number of hydrazine groups is 1. The van der Waals surface area contributed by atoms with E-state index >= 15 is 0 Å². The van der Waals surface area contributed by atoms with Crippen molar-refractivity contribution in [2.24, 2.45) is 5.84 Å². The average Bonchev–Trinajstić information content (AvgIpc) is 2.02. The van der Waals surface area contributed by atoms with E-state index in [0.29, 0.717) is 0 Å². The second kappa shape index (κ2) is 4.72. The van der Waals surface area contributed by atoms with Crippen LogP contribution in [0.4, 0.5) is 18.9 Å². The molecule has 0 aliphatic rings. The number of para-hydroxylation sites is 1. The first-order valence-corrected chi connectivity index (χ1v) is 3.67. The molecule has 3 N–H and O–H groups in total. The number of hydrogen-bond acceptors (Lipinski definition) is 2. The predicted octanol–water partition coefficient (Wildman–Crippen LogP) is 3.07. The van der Waals surface area contributed by atoms with Crippen LogP contribution < -0.4 is 11.3 Å². The van der Waals surface area contributed by atoms with Crippen LogP contribution in [0, 0.1) is 0 Å². The van der Waals surface area contributed by atoms with Crippen LogP contribution >= 0.6 is 24.0 Å². The van der Waals surface area contributed by atoms with Crippen LogP contribution in [0.25, 0.3) is 0 Å². The van der Waals surface area contributed by atoms with Gasteiger partial charge in [0.25, 0.3) is 0 Å². The van der Waals surface area contributed by atoms with Gasteiger partial charge in [-0.3, -0.25) is 5.84 Å². The molecule has 0 spiro atoms. The van der Waals surface area contributed by atoms with Crippen LogP contribution in [-0.4, -0.2) is 0 Å². The van der Waals surface area contributed by atoms with Crippen molar-refractivity contribution >= 4 is 29.7 Å². The normalized spacial score (nSPS) is 10.6. The zero-order chi connectivity index (χ0) is 10.1. The maximum atomic E-state index is 12.3. The zero-order valence-electron chi connectivity index (χ0n) is 6.73. The maximum Gasteiger partial charge on any atom is 0.418 e. The van der Waals surface area contributed by atoms with Crippen LogP contribution in [0.3, 0.4) is 0 Å². The van der Waals surface area contributed by atoms with Gasteiger partial charge in [0.05, 0.1) is 16.3 Å². The molecule has 0 heterocycles. The molecule has 0 atom stereocenters. The average molecular weight is 247 g/mol. The molecule has 14 heavy (non-hydrogen) atoms. The lowest BCUT2D eigenvalue weighted by molar-refractivity contribution is -0.136. The molecule has 0 fully saturated rings. The Morgan fingerprint density at radius 1 is 1.29 bits per heavy atom. The zero-order valence-corrected chi connectivity index (χ0v) is 8.30. The third-order valence-electron chi connectivity index (χ3n) is 1.46. The monoisotopic (exact) mass is 246 g/mol. The van der Waals surface area contributed by atoms with E-state index < -0.39 is 11.7 Å². The quantitative estimate of drug-likeness (QED) is 0.591. The van der Waals surface area contributed by atoms with Gasteiger partial charge in [0.1, 0.15) is 0 Å². The Morgan fingerprint density at radius 2 is 1.86 bits per heavy atom. The summed E-state index contributed by atoms with van der Waals surface area (Å²) in [5, 5.41) is -0.0580. The number of benzene rings is 1. The third kappa shape index (κ3) is 2.67. The van der Waals surface area contributed by atoms with Gasteiger partial charge < -0.3 is 5.43 Å². The van der Waals surface area contributed by atoms with Gasteiger partial charge in [0.2, 0.25) is 0 Å². The highest BCUT2D eigenvalue weighted by Crippen LogP contribution is 2.37. The molecule has 2 nitrogen and oxygen atoms in total. The lowest BCUT2D eigenvalue weighted by Crippen LogP contribution is -2.15. The molecular weight excluding hydrogens is 240 g/mol. The molecule has 0 aliphatic heterocycles. The molecule has 0 saturated heterocycles. The molecule has 0 unspecified atom stereocenters. The van der Waals surface area contributed by atoms with E-state index in [0.717, 1.165) is 6.07 Å². The Hall–Kier alpha value is -0.650. The first-order chi connectivity index (χ1) is 5.96. The van der Waals surface area contributed by atoms with Gasteiger partial charge in [-0.05, 0) is 12.1 Å². The van der Waals surface area contributed by atoms with E-state index in [2.05, 4.69) is 0 Å². The molecule has 7 heteroatoms. The van der Waals surface area contributed by atoms with Gasteiger partial charge >= 0.3 is 6.18 Å². The smallest absolute Gasteiger partial charge is 0.322 e. The van der Waals surface area contributed by atoms with Gasteiger partial charge in [0, 0.05) is 0 Å². The molecule has 0 aromatic heterocycles. The number of rotatable bonds is 1. The van der Waals surface area contributed by atoms with E-state index in [4.69, 9.17) is 17.4 Å². The minimum Gasteiger partial charge on any atom is -0.322 e. The topological polar surface area (TPSA) is 38.0 Å². The largest absolute Gasteiger partial charge is 0.418 e. The summed E-state index contributed by atoms with van der Waals surface area (Å²) in [4.78, 5) is 0. The summed E-state index contributed by atoms with van der Waals surface area (Å²) in [5.74, 6) is 4.91. The highest BCUT2D eigenvalue weighted by molar-refractivity contribution is 6.33. The van der Waals surface area contributed by atoms with Crippen molar-refractivity contribution in [3.63, 3.8) is 0 Å². The highest BCUT2D eigenvalue weighted by Gasteiger charge is 2.33. The fraction of sp³-hybridized carbons (Fsp3) is 0.143. The van der Waals surface area contributed by atoms with Crippen molar-refractivity contribution in [1.82, 2.24) is 0 Å². The summed E-state index contributed by atoms with van der Waals surface area (Å²) in [5.41, 5.74) is 0.737. The van der Waals surface area contributed by atoms with Crippen LogP contribution in [0.2, 0.25) is 5.02 Å². The Morgan fingerprint density at radius 3 is 2.21 bits per heavy atom. The number of halogens is 5. The number of alkyl halides is 3. The summed E-state index contributed by atoms with van der Waals surface area (Å²) in [7, 11) is 0. The lowest BCUT2D eigenvalue weighted by atomic mass is 10.2. The first-order valence-electron chi connectivity index (χ1n) is 3.29. The van der Waals surface area contributed by atoms with Crippen molar-refractivity contribution in [1.29, 1.82) is 0 Å². The Balaban J connectivity index is 0.00000169. The Kier molecular flexibility index (Phi) is 4.51. The Labute approximate surface area is 89.6 Å². The molecular formula is C7H7Cl2F3N2. The van der Waals surface area contributed by atoms with Crippen molar-refractivity contribution < 1.29 is 13.2 Å². The van der Waals surface area contributed by atoms with Gasteiger partial charge in [-0.1, -0.05) is 17.7 Å². The van der Waals surface area contributed by atoms with Crippen molar-refractivity contribution in [2.75, 3.05) is 5.43 Å². The van der Waals surface area contributed by atoms with Crippen LogP contribution in [0.5, 0.6) is 0 Å². The molecule has 0 radical (unpaired) electrons. The lowest BCUT2D eigenvalue weighted by Gasteiger charge is -2.12. The highest BCUT2D eigenvalue weighted by atomic mass is 35.5. The van der Waals surface area contributed by atoms with Crippen LogP contribution in [-0.2, 0) is 6.18 Å². The Bertz CT molecular complexity index is 314. The number of nitrogens with two attached hydrogens (primary N) is 1. The number of nitrogens with one attached hydrogen (secondary N) is 1. The fourth-order valence-corrected chi connectivity index (χ4v) is 1.14. The molecule has 0 amide bonds. The van der Waals surface area contributed by atoms with E-state index in [9.17, 15) is 13.2 Å². The third-order valence-corrected chi connectivity index (χ3v) is 1.78. The second-order valence-electron chi connectivity index (χ2n) is 2.30. The van der Waals surface area contributed by atoms with Crippen molar-refractivity contribution in [3.8, 4) is 0 Å².